The van der Waals surface area contributed by atoms with E-state index in [4.69, 9.17) is 0 Å². The van der Waals surface area contributed by atoms with Crippen LogP contribution in [0.4, 0.5) is 5.69 Å². The highest BCUT2D eigenvalue weighted by Crippen LogP contribution is 2.66. The summed E-state index contributed by atoms with van der Waals surface area (Å²) in [5.41, 5.74) is 3.65. The quantitative estimate of drug-likeness (QED) is 0.622. The number of hydrogen-bond acceptors (Lipinski definition) is 1. The van der Waals surface area contributed by atoms with Crippen molar-refractivity contribution >= 4 is 27.5 Å². The Morgan fingerprint density at radius 3 is 2.33 bits per heavy atom. The number of aryl methyl sites for hydroxylation is 1. The number of hydrogen-bond donors (Lipinski definition) is 1. The summed E-state index contributed by atoms with van der Waals surface area (Å²) in [6.07, 6.45) is 6.97. The van der Waals surface area contributed by atoms with Gasteiger partial charge in [-0.1, -0.05) is 42.0 Å². The SMILES string of the molecule is Cc1ccc(C23C[C@@H]4C[C@H](CC(C(=O)Nc5ccccc5Br)(C4)C2)C3)cc1. The van der Waals surface area contributed by atoms with E-state index in [0.29, 0.717) is 11.8 Å². The van der Waals surface area contributed by atoms with Gasteiger partial charge in [0, 0.05) is 4.47 Å². The van der Waals surface area contributed by atoms with Crippen LogP contribution in [0.5, 0.6) is 0 Å². The van der Waals surface area contributed by atoms with Gasteiger partial charge < -0.3 is 5.32 Å². The summed E-state index contributed by atoms with van der Waals surface area (Å²) in [5, 5.41) is 3.26. The van der Waals surface area contributed by atoms with Gasteiger partial charge in [-0.15, -0.1) is 0 Å². The van der Waals surface area contributed by atoms with Crippen LogP contribution in [-0.4, -0.2) is 5.91 Å². The van der Waals surface area contributed by atoms with Crippen LogP contribution in [0.15, 0.2) is 53.0 Å². The smallest absolute Gasteiger partial charge is 0.230 e. The average molecular weight is 424 g/mol. The Labute approximate surface area is 169 Å². The molecule has 4 saturated carbocycles. The molecule has 0 aliphatic heterocycles. The summed E-state index contributed by atoms with van der Waals surface area (Å²) >= 11 is 3.57. The standard InChI is InChI=1S/C24H26BrNO/c1-16-6-8-19(9-7-16)23-11-17-10-18(12-23)14-24(13-17,15-23)22(27)26-21-5-3-2-4-20(21)25/h2-9,17-18H,10-15H2,1H3,(H,26,27)/t17-,18-,23?,24?/m0/s1. The number of nitrogens with one attached hydrogen (secondary N) is 1. The number of anilines is 1. The zero-order chi connectivity index (χ0) is 18.6. The lowest BCUT2D eigenvalue weighted by atomic mass is 9.42. The third-order valence-corrected chi connectivity index (χ3v) is 8.02. The van der Waals surface area contributed by atoms with E-state index >= 15 is 0 Å². The zero-order valence-corrected chi connectivity index (χ0v) is 17.4. The van der Waals surface area contributed by atoms with Crippen LogP contribution in [0.25, 0.3) is 0 Å². The van der Waals surface area contributed by atoms with E-state index in [1.807, 2.05) is 24.3 Å². The minimum absolute atomic E-state index is 0.197. The normalized spacial score (nSPS) is 33.9. The lowest BCUT2D eigenvalue weighted by Gasteiger charge is -2.61. The Balaban J connectivity index is 1.49. The van der Waals surface area contributed by atoms with Crippen LogP contribution in [0.3, 0.4) is 0 Å². The molecule has 27 heavy (non-hydrogen) atoms. The first kappa shape index (κ1) is 17.5. The first-order valence-corrected chi connectivity index (χ1v) is 10.9. The molecule has 4 bridgehead atoms. The van der Waals surface area contributed by atoms with E-state index in [1.165, 1.54) is 30.4 Å². The van der Waals surface area contributed by atoms with Crippen LogP contribution >= 0.6 is 15.9 Å². The minimum Gasteiger partial charge on any atom is -0.325 e. The zero-order valence-electron chi connectivity index (χ0n) is 15.8. The van der Waals surface area contributed by atoms with Gasteiger partial charge in [0.15, 0.2) is 0 Å². The van der Waals surface area contributed by atoms with Crippen LogP contribution in [-0.2, 0) is 10.2 Å². The van der Waals surface area contributed by atoms with Crippen molar-refractivity contribution < 1.29 is 4.79 Å². The van der Waals surface area contributed by atoms with E-state index in [-0.39, 0.29) is 16.7 Å². The van der Waals surface area contributed by atoms with Crippen molar-refractivity contribution in [2.75, 3.05) is 5.32 Å². The summed E-state index contributed by atoms with van der Waals surface area (Å²) in [4.78, 5) is 13.5. The van der Waals surface area contributed by atoms with E-state index in [2.05, 4.69) is 52.4 Å². The molecule has 4 aliphatic rings. The first-order chi connectivity index (χ1) is 13.0. The maximum atomic E-state index is 13.5. The fourth-order valence-electron chi connectivity index (χ4n) is 6.59. The highest BCUT2D eigenvalue weighted by atomic mass is 79.9. The van der Waals surface area contributed by atoms with Gasteiger partial charge in [-0.25, -0.2) is 0 Å². The Bertz CT molecular complexity index is 874. The average Bonchev–Trinajstić information content (AvgIpc) is 2.63. The summed E-state index contributed by atoms with van der Waals surface area (Å²) in [7, 11) is 0. The summed E-state index contributed by atoms with van der Waals surface area (Å²) in [5.74, 6) is 1.62. The lowest BCUT2D eigenvalue weighted by Crippen LogP contribution is -2.58. The predicted octanol–water partition coefficient (Wildman–Crippen LogP) is 6.23. The van der Waals surface area contributed by atoms with E-state index in [1.54, 1.807) is 0 Å². The van der Waals surface area contributed by atoms with Gasteiger partial charge in [0.05, 0.1) is 11.1 Å². The molecular weight excluding hydrogens is 398 g/mol. The van der Waals surface area contributed by atoms with Crippen molar-refractivity contribution in [1.29, 1.82) is 0 Å². The van der Waals surface area contributed by atoms with Crippen molar-refractivity contribution in [2.45, 2.75) is 50.9 Å². The van der Waals surface area contributed by atoms with Gasteiger partial charge in [-0.05, 0) is 96.3 Å². The largest absolute Gasteiger partial charge is 0.325 e. The van der Waals surface area contributed by atoms with Crippen molar-refractivity contribution in [3.63, 3.8) is 0 Å². The fourth-order valence-corrected chi connectivity index (χ4v) is 6.97. The molecule has 0 unspecified atom stereocenters. The van der Waals surface area contributed by atoms with Gasteiger partial charge in [0.2, 0.25) is 5.91 Å². The maximum Gasteiger partial charge on any atom is 0.230 e. The molecule has 2 nitrogen and oxygen atoms in total. The molecule has 3 heteroatoms. The number of benzene rings is 2. The number of rotatable bonds is 3. The number of carbonyl (C=O) groups excluding carboxylic acids is 1. The van der Waals surface area contributed by atoms with Crippen molar-refractivity contribution in [2.24, 2.45) is 17.3 Å². The molecule has 1 N–H and O–H groups in total. The van der Waals surface area contributed by atoms with Crippen LogP contribution in [0.1, 0.15) is 49.7 Å². The number of halogens is 1. The molecule has 2 aromatic carbocycles. The molecule has 1 amide bonds. The van der Waals surface area contributed by atoms with Crippen molar-refractivity contribution in [3.8, 4) is 0 Å². The van der Waals surface area contributed by atoms with Crippen LogP contribution in [0.2, 0.25) is 0 Å². The third-order valence-electron chi connectivity index (χ3n) is 7.33. The Morgan fingerprint density at radius 1 is 1.00 bits per heavy atom. The van der Waals surface area contributed by atoms with Gasteiger partial charge in [0.25, 0.3) is 0 Å². The molecule has 0 saturated heterocycles. The van der Waals surface area contributed by atoms with Crippen molar-refractivity contribution in [3.05, 3.63) is 64.1 Å². The Morgan fingerprint density at radius 2 is 1.67 bits per heavy atom. The minimum atomic E-state index is -0.204. The highest BCUT2D eigenvalue weighted by Gasteiger charge is 2.60. The van der Waals surface area contributed by atoms with E-state index in [0.717, 1.165) is 29.4 Å². The molecule has 140 valence electrons. The second kappa shape index (κ2) is 6.20. The topological polar surface area (TPSA) is 29.1 Å². The maximum absolute atomic E-state index is 13.5. The predicted molar refractivity (Wildman–Crippen MR) is 113 cm³/mol. The summed E-state index contributed by atoms with van der Waals surface area (Å²) in [6, 6.07) is 17.1. The first-order valence-electron chi connectivity index (χ1n) is 10.1. The molecule has 6 rings (SSSR count). The molecule has 4 aliphatic carbocycles. The molecule has 2 aromatic rings. The Hall–Kier alpha value is -1.61. The van der Waals surface area contributed by atoms with E-state index in [9.17, 15) is 4.79 Å². The van der Waals surface area contributed by atoms with Gasteiger partial charge >= 0.3 is 0 Å². The summed E-state index contributed by atoms with van der Waals surface area (Å²) < 4.78 is 0.955. The fraction of sp³-hybridized carbons (Fsp3) is 0.458. The van der Waals surface area contributed by atoms with Gasteiger partial charge in [-0.3, -0.25) is 4.79 Å². The van der Waals surface area contributed by atoms with Crippen LogP contribution in [0, 0.1) is 24.2 Å². The number of para-hydroxylation sites is 1. The third kappa shape index (κ3) is 2.86. The summed E-state index contributed by atoms with van der Waals surface area (Å²) in [6.45, 7) is 2.15. The van der Waals surface area contributed by atoms with Crippen molar-refractivity contribution in [1.82, 2.24) is 0 Å². The molecule has 0 spiro atoms. The highest BCUT2D eigenvalue weighted by molar-refractivity contribution is 9.10. The van der Waals surface area contributed by atoms with E-state index < -0.39 is 0 Å². The number of carbonyl (C=O) groups is 1. The molecule has 4 fully saturated rings. The number of amides is 1. The van der Waals surface area contributed by atoms with Gasteiger partial charge in [-0.2, -0.15) is 0 Å². The second-order valence-electron chi connectivity index (χ2n) is 9.32. The Kier molecular flexibility index (Phi) is 4.02. The molecule has 2 atom stereocenters. The molecule has 0 aromatic heterocycles. The van der Waals surface area contributed by atoms with Gasteiger partial charge in [0.1, 0.15) is 0 Å². The second-order valence-corrected chi connectivity index (χ2v) is 10.2. The molecule has 0 radical (unpaired) electrons. The molecular formula is C24H26BrNO. The monoisotopic (exact) mass is 423 g/mol. The lowest BCUT2D eigenvalue weighted by molar-refractivity contribution is -0.143. The molecule has 0 heterocycles. The van der Waals surface area contributed by atoms with Crippen LogP contribution < -0.4 is 5.32 Å².